The van der Waals surface area contributed by atoms with E-state index in [-0.39, 0.29) is 5.28 Å². The predicted octanol–water partition coefficient (Wildman–Crippen LogP) is 1.82. The van der Waals surface area contributed by atoms with E-state index in [0.717, 1.165) is 25.7 Å². The van der Waals surface area contributed by atoms with Crippen LogP contribution in [0.25, 0.3) is 0 Å². The number of nitrogens with zero attached hydrogens (tertiary/aromatic N) is 2. The minimum absolute atomic E-state index is 0.150. The van der Waals surface area contributed by atoms with Crippen LogP contribution in [-0.2, 0) is 0 Å². The van der Waals surface area contributed by atoms with Gasteiger partial charge in [-0.05, 0) is 24.4 Å². The first-order valence-electron chi connectivity index (χ1n) is 5.83. The van der Waals surface area contributed by atoms with Crippen molar-refractivity contribution in [1.82, 2.24) is 9.97 Å². The van der Waals surface area contributed by atoms with Crippen LogP contribution in [0.4, 0.5) is 11.5 Å². The quantitative estimate of drug-likeness (QED) is 0.719. The maximum absolute atomic E-state index is 10.3. The molecule has 0 atom stereocenters. The number of hydrogen-bond acceptors (Lipinski definition) is 5. The van der Waals surface area contributed by atoms with Crippen LogP contribution in [0.1, 0.15) is 32.1 Å². The van der Waals surface area contributed by atoms with Gasteiger partial charge in [0.1, 0.15) is 0 Å². The largest absolute Gasteiger partial charge is 0.394 e. The van der Waals surface area contributed by atoms with Crippen LogP contribution in [0.15, 0.2) is 6.20 Å². The zero-order valence-corrected chi connectivity index (χ0v) is 10.4. The van der Waals surface area contributed by atoms with Crippen molar-refractivity contribution in [2.75, 3.05) is 17.6 Å². The second kappa shape index (κ2) is 5.06. The molecule has 94 valence electrons. The van der Waals surface area contributed by atoms with Crippen molar-refractivity contribution in [3.05, 3.63) is 11.5 Å². The molecular weight excluding hydrogens is 240 g/mol. The lowest BCUT2D eigenvalue weighted by Gasteiger charge is -2.32. The summed E-state index contributed by atoms with van der Waals surface area (Å²) < 4.78 is 0. The molecule has 1 aliphatic carbocycles. The van der Waals surface area contributed by atoms with Gasteiger partial charge in [-0.15, -0.1) is 0 Å². The molecule has 17 heavy (non-hydrogen) atoms. The van der Waals surface area contributed by atoms with Crippen molar-refractivity contribution in [3.8, 4) is 0 Å². The van der Waals surface area contributed by atoms with Gasteiger partial charge < -0.3 is 16.2 Å². The first kappa shape index (κ1) is 12.4. The monoisotopic (exact) mass is 256 g/mol. The van der Waals surface area contributed by atoms with Crippen LogP contribution in [-0.4, -0.2) is 27.2 Å². The molecule has 1 saturated carbocycles. The number of hydrogen-bond donors (Lipinski definition) is 3. The Bertz CT molecular complexity index is 393. The molecule has 1 fully saturated rings. The molecule has 0 amide bonds. The second-order valence-corrected chi connectivity index (χ2v) is 4.92. The molecule has 2 rings (SSSR count). The Morgan fingerprint density at radius 2 is 2.12 bits per heavy atom. The number of aliphatic hydroxyl groups is 1. The van der Waals surface area contributed by atoms with E-state index in [1.54, 1.807) is 0 Å². The third-order valence-electron chi connectivity index (χ3n) is 3.16. The fraction of sp³-hybridized carbons (Fsp3) is 0.636. The highest BCUT2D eigenvalue weighted by atomic mass is 35.5. The molecule has 0 aromatic carbocycles. The Balaban J connectivity index is 1.99. The summed E-state index contributed by atoms with van der Waals surface area (Å²) in [5, 5.41) is 13.5. The van der Waals surface area contributed by atoms with Gasteiger partial charge in [0.05, 0.1) is 17.5 Å². The van der Waals surface area contributed by atoms with Gasteiger partial charge in [0, 0.05) is 6.54 Å². The SMILES string of the molecule is Nc1cnc(Cl)nc1NCC1(O)CCCCC1. The van der Waals surface area contributed by atoms with Crippen molar-refractivity contribution in [3.63, 3.8) is 0 Å². The van der Waals surface area contributed by atoms with E-state index >= 15 is 0 Å². The normalized spacial score (nSPS) is 18.9. The molecular formula is C11H17ClN4O. The molecule has 1 aliphatic rings. The van der Waals surface area contributed by atoms with Gasteiger partial charge >= 0.3 is 0 Å². The minimum Gasteiger partial charge on any atom is -0.394 e. The molecule has 0 bridgehead atoms. The highest BCUT2D eigenvalue weighted by Crippen LogP contribution is 2.28. The van der Waals surface area contributed by atoms with E-state index < -0.39 is 5.60 Å². The van der Waals surface area contributed by atoms with Gasteiger partial charge in [-0.3, -0.25) is 0 Å². The molecule has 0 aliphatic heterocycles. The topological polar surface area (TPSA) is 84.1 Å². The summed E-state index contributed by atoms with van der Waals surface area (Å²) in [7, 11) is 0. The van der Waals surface area contributed by atoms with Crippen LogP contribution in [0.3, 0.4) is 0 Å². The summed E-state index contributed by atoms with van der Waals surface area (Å²) in [4.78, 5) is 7.77. The van der Waals surface area contributed by atoms with Gasteiger partial charge in [-0.1, -0.05) is 19.3 Å². The second-order valence-electron chi connectivity index (χ2n) is 4.58. The summed E-state index contributed by atoms with van der Waals surface area (Å²) >= 11 is 5.69. The summed E-state index contributed by atoms with van der Waals surface area (Å²) in [6.07, 6.45) is 6.43. The van der Waals surface area contributed by atoms with E-state index in [1.807, 2.05) is 0 Å². The number of nitrogen functional groups attached to an aromatic ring is 1. The fourth-order valence-electron chi connectivity index (χ4n) is 2.15. The van der Waals surface area contributed by atoms with E-state index in [4.69, 9.17) is 17.3 Å². The third kappa shape index (κ3) is 3.20. The average Bonchev–Trinajstić information content (AvgIpc) is 2.31. The molecule has 6 heteroatoms. The number of rotatable bonds is 3. The van der Waals surface area contributed by atoms with Crippen molar-refractivity contribution in [1.29, 1.82) is 0 Å². The van der Waals surface area contributed by atoms with Gasteiger partial charge in [-0.2, -0.15) is 4.98 Å². The van der Waals surface area contributed by atoms with E-state index in [1.165, 1.54) is 12.6 Å². The molecule has 1 heterocycles. The van der Waals surface area contributed by atoms with Gasteiger partial charge in [0.15, 0.2) is 5.82 Å². The number of nitrogens with two attached hydrogens (primary N) is 1. The van der Waals surface area contributed by atoms with Gasteiger partial charge in [-0.25, -0.2) is 4.98 Å². The highest BCUT2D eigenvalue weighted by molar-refractivity contribution is 6.28. The Hall–Kier alpha value is -1.07. The Labute approximate surface area is 105 Å². The molecule has 1 aromatic heterocycles. The number of anilines is 2. The van der Waals surface area contributed by atoms with Crippen LogP contribution in [0.5, 0.6) is 0 Å². The molecule has 0 spiro atoms. The van der Waals surface area contributed by atoms with E-state index in [2.05, 4.69) is 15.3 Å². The lowest BCUT2D eigenvalue weighted by Crippen LogP contribution is -2.39. The summed E-state index contributed by atoms with van der Waals surface area (Å²) in [5.74, 6) is 0.490. The Morgan fingerprint density at radius 1 is 1.41 bits per heavy atom. The lowest BCUT2D eigenvalue weighted by molar-refractivity contribution is 0.0167. The standard InChI is InChI=1S/C11H17ClN4O/c12-10-14-6-8(13)9(16-10)15-7-11(17)4-2-1-3-5-11/h6,17H,1-5,7,13H2,(H,14,15,16). The van der Waals surface area contributed by atoms with E-state index in [9.17, 15) is 5.11 Å². The average molecular weight is 257 g/mol. The number of aromatic nitrogens is 2. The fourth-order valence-corrected chi connectivity index (χ4v) is 2.28. The van der Waals surface area contributed by atoms with Crippen molar-refractivity contribution in [2.45, 2.75) is 37.7 Å². The number of nitrogens with one attached hydrogen (secondary N) is 1. The van der Waals surface area contributed by atoms with Crippen LogP contribution in [0.2, 0.25) is 5.28 Å². The molecule has 0 radical (unpaired) electrons. The smallest absolute Gasteiger partial charge is 0.224 e. The maximum atomic E-state index is 10.3. The van der Waals surface area contributed by atoms with Crippen molar-refractivity contribution < 1.29 is 5.11 Å². The minimum atomic E-state index is -0.651. The molecule has 4 N–H and O–H groups in total. The first-order chi connectivity index (χ1) is 8.09. The maximum Gasteiger partial charge on any atom is 0.224 e. The van der Waals surface area contributed by atoms with Crippen molar-refractivity contribution >= 4 is 23.1 Å². The van der Waals surface area contributed by atoms with Gasteiger partial charge in [0.25, 0.3) is 0 Å². The zero-order chi connectivity index (χ0) is 12.3. The first-order valence-corrected chi connectivity index (χ1v) is 6.21. The predicted molar refractivity (Wildman–Crippen MR) is 68.0 cm³/mol. The zero-order valence-electron chi connectivity index (χ0n) is 9.62. The van der Waals surface area contributed by atoms with Crippen LogP contribution < -0.4 is 11.1 Å². The van der Waals surface area contributed by atoms with Crippen molar-refractivity contribution in [2.24, 2.45) is 0 Å². The van der Waals surface area contributed by atoms with Gasteiger partial charge in [0.2, 0.25) is 5.28 Å². The number of halogens is 1. The summed E-state index contributed by atoms with van der Waals surface area (Å²) in [6.45, 7) is 0.449. The van der Waals surface area contributed by atoms with Crippen LogP contribution in [0, 0.1) is 0 Å². The molecule has 0 unspecified atom stereocenters. The molecule has 5 nitrogen and oxygen atoms in total. The summed E-state index contributed by atoms with van der Waals surface area (Å²) in [6, 6.07) is 0. The molecule has 1 aromatic rings. The van der Waals surface area contributed by atoms with E-state index in [0.29, 0.717) is 18.1 Å². The Morgan fingerprint density at radius 3 is 2.82 bits per heavy atom. The Kier molecular flexibility index (Phi) is 3.69. The summed E-state index contributed by atoms with van der Waals surface area (Å²) in [5.41, 5.74) is 5.51. The van der Waals surface area contributed by atoms with Crippen LogP contribution >= 0.6 is 11.6 Å². The lowest BCUT2D eigenvalue weighted by atomic mass is 9.85. The molecule has 0 saturated heterocycles. The third-order valence-corrected chi connectivity index (χ3v) is 3.34. The highest BCUT2D eigenvalue weighted by Gasteiger charge is 2.29.